The number of methoxy groups -OCH3 is 1. The van der Waals surface area contributed by atoms with Crippen molar-refractivity contribution < 1.29 is 34.3 Å². The van der Waals surface area contributed by atoms with Crippen LogP contribution in [0.1, 0.15) is 10.4 Å². The van der Waals surface area contributed by atoms with Crippen molar-refractivity contribution in [2.24, 2.45) is 0 Å². The highest BCUT2D eigenvalue weighted by atomic mass is 16.7. The van der Waals surface area contributed by atoms with Crippen LogP contribution in [0, 0.1) is 0 Å². The molecule has 1 aromatic carbocycles. The van der Waals surface area contributed by atoms with Gasteiger partial charge < -0.3 is 29.5 Å². The summed E-state index contributed by atoms with van der Waals surface area (Å²) >= 11 is 0. The molecule has 7 nitrogen and oxygen atoms in total. The van der Waals surface area contributed by atoms with Gasteiger partial charge in [-0.25, -0.2) is 4.79 Å². The minimum absolute atomic E-state index is 0.290. The van der Waals surface area contributed by atoms with Gasteiger partial charge >= 0.3 is 5.97 Å². The molecular weight excluding hydrogens is 280 g/mol. The van der Waals surface area contributed by atoms with Gasteiger partial charge in [0.1, 0.15) is 18.3 Å². The molecule has 2 rings (SSSR count). The molecule has 0 aliphatic carbocycles. The van der Waals surface area contributed by atoms with Crippen LogP contribution in [0.3, 0.4) is 0 Å². The average molecular weight is 298 g/mol. The van der Waals surface area contributed by atoms with Gasteiger partial charge in [0.05, 0.1) is 12.2 Å². The largest absolute Gasteiger partial charge is 0.453 e. The molecule has 0 aromatic heterocycles. The third kappa shape index (κ3) is 3.39. The number of hydrogen-bond donors (Lipinski definition) is 3. The van der Waals surface area contributed by atoms with E-state index in [-0.39, 0.29) is 5.56 Å². The number of carbonyl (C=O) groups excluding carboxylic acids is 1. The van der Waals surface area contributed by atoms with E-state index >= 15 is 0 Å². The van der Waals surface area contributed by atoms with E-state index in [1.807, 2.05) is 0 Å². The second kappa shape index (κ2) is 6.97. The van der Waals surface area contributed by atoms with Crippen molar-refractivity contribution in [2.45, 2.75) is 30.7 Å². The van der Waals surface area contributed by atoms with E-state index < -0.39 is 43.3 Å². The van der Waals surface area contributed by atoms with Crippen LogP contribution in [0.25, 0.3) is 0 Å². The molecule has 1 saturated heterocycles. The van der Waals surface area contributed by atoms with Gasteiger partial charge in [-0.3, -0.25) is 0 Å². The Labute approximate surface area is 121 Å². The number of ether oxygens (including phenoxy) is 3. The molecule has 21 heavy (non-hydrogen) atoms. The van der Waals surface area contributed by atoms with E-state index in [0.717, 1.165) is 0 Å². The Balaban J connectivity index is 2.13. The molecule has 0 radical (unpaired) electrons. The summed E-state index contributed by atoms with van der Waals surface area (Å²) in [5.74, 6) is -0.688. The van der Waals surface area contributed by atoms with E-state index in [2.05, 4.69) is 0 Å². The van der Waals surface area contributed by atoms with Crippen LogP contribution in [0.4, 0.5) is 0 Å². The fraction of sp³-hybridized carbons (Fsp3) is 0.500. The summed E-state index contributed by atoms with van der Waals surface area (Å²) in [5.41, 5.74) is 0.290. The number of hydrogen-bond acceptors (Lipinski definition) is 7. The molecule has 1 fully saturated rings. The van der Waals surface area contributed by atoms with Crippen molar-refractivity contribution >= 4 is 5.97 Å². The third-order valence-electron chi connectivity index (χ3n) is 3.31. The quantitative estimate of drug-likeness (QED) is 0.631. The van der Waals surface area contributed by atoms with Gasteiger partial charge in [0.25, 0.3) is 0 Å². The van der Waals surface area contributed by atoms with Gasteiger partial charge in [0.2, 0.25) is 0 Å². The molecule has 0 unspecified atom stereocenters. The minimum atomic E-state index is -1.36. The van der Waals surface area contributed by atoms with Crippen LogP contribution in [-0.2, 0) is 14.2 Å². The van der Waals surface area contributed by atoms with Gasteiger partial charge in [-0.15, -0.1) is 0 Å². The Bertz CT molecular complexity index is 448. The summed E-state index contributed by atoms with van der Waals surface area (Å²) in [6, 6.07) is 8.19. The van der Waals surface area contributed by atoms with E-state index in [9.17, 15) is 15.0 Å². The number of rotatable bonds is 4. The van der Waals surface area contributed by atoms with Gasteiger partial charge in [0.15, 0.2) is 12.4 Å². The fourth-order valence-electron chi connectivity index (χ4n) is 2.15. The molecule has 5 atom stereocenters. The number of esters is 1. The zero-order valence-electron chi connectivity index (χ0n) is 11.5. The molecule has 116 valence electrons. The first-order valence-corrected chi connectivity index (χ1v) is 6.49. The summed E-state index contributed by atoms with van der Waals surface area (Å²) in [6.45, 7) is -0.493. The third-order valence-corrected chi connectivity index (χ3v) is 3.31. The van der Waals surface area contributed by atoms with Crippen LogP contribution >= 0.6 is 0 Å². The maximum absolute atomic E-state index is 12.0. The Hall–Kier alpha value is -1.51. The highest BCUT2D eigenvalue weighted by Gasteiger charge is 2.46. The van der Waals surface area contributed by atoms with Gasteiger partial charge in [0, 0.05) is 7.11 Å². The first-order chi connectivity index (χ1) is 10.1. The average Bonchev–Trinajstić information content (AvgIpc) is 2.52. The monoisotopic (exact) mass is 298 g/mol. The summed E-state index contributed by atoms with van der Waals surface area (Å²) in [5, 5.41) is 29.2. The maximum Gasteiger partial charge on any atom is 0.338 e. The lowest BCUT2D eigenvalue weighted by molar-refractivity contribution is -0.293. The lowest BCUT2D eigenvalue weighted by Crippen LogP contribution is -2.60. The molecular formula is C14H18O7. The lowest BCUT2D eigenvalue weighted by Gasteiger charge is -2.40. The van der Waals surface area contributed by atoms with Crippen LogP contribution in [0.2, 0.25) is 0 Å². The highest BCUT2D eigenvalue weighted by Crippen LogP contribution is 2.24. The smallest absolute Gasteiger partial charge is 0.338 e. The van der Waals surface area contributed by atoms with E-state index in [4.69, 9.17) is 19.3 Å². The number of aliphatic hydroxyl groups is 3. The molecule has 7 heteroatoms. The second-order valence-electron chi connectivity index (χ2n) is 4.68. The lowest BCUT2D eigenvalue weighted by atomic mass is 9.99. The molecule has 1 aromatic rings. The van der Waals surface area contributed by atoms with Gasteiger partial charge in [-0.2, -0.15) is 0 Å². The van der Waals surface area contributed by atoms with Crippen molar-refractivity contribution in [2.75, 3.05) is 13.7 Å². The van der Waals surface area contributed by atoms with Crippen LogP contribution in [0.15, 0.2) is 30.3 Å². The Morgan fingerprint density at radius 3 is 2.48 bits per heavy atom. The Morgan fingerprint density at radius 2 is 1.90 bits per heavy atom. The highest BCUT2D eigenvalue weighted by molar-refractivity contribution is 5.89. The first kappa shape index (κ1) is 15.9. The van der Waals surface area contributed by atoms with Crippen molar-refractivity contribution in [3.8, 4) is 0 Å². The SMILES string of the molecule is CO[C@H]1O[C@H](CO)[C@@H](O)[C@H](OC(=O)c2ccccc2)[C@@H]1O. The molecule has 1 heterocycles. The van der Waals surface area contributed by atoms with E-state index in [1.54, 1.807) is 30.3 Å². The fourth-order valence-corrected chi connectivity index (χ4v) is 2.15. The summed E-state index contributed by atoms with van der Waals surface area (Å²) in [4.78, 5) is 12.0. The molecule has 1 aliphatic rings. The minimum Gasteiger partial charge on any atom is -0.453 e. The molecule has 0 saturated carbocycles. The van der Waals surface area contributed by atoms with Gasteiger partial charge in [-0.05, 0) is 12.1 Å². The topological polar surface area (TPSA) is 105 Å². The predicted molar refractivity (Wildman–Crippen MR) is 70.4 cm³/mol. The van der Waals surface area contributed by atoms with Crippen molar-refractivity contribution in [1.82, 2.24) is 0 Å². The molecule has 0 bridgehead atoms. The summed E-state index contributed by atoms with van der Waals surface area (Å²) in [7, 11) is 1.30. The van der Waals surface area contributed by atoms with Crippen molar-refractivity contribution in [3.05, 3.63) is 35.9 Å². The number of carbonyl (C=O) groups is 1. The maximum atomic E-state index is 12.0. The standard InChI is InChI=1S/C14H18O7/c1-19-14-11(17)12(10(16)9(7-15)20-14)21-13(18)8-5-3-2-4-6-8/h2-6,9-12,14-17H,7H2,1H3/t9-,10-,11+,12+,14+/m1/s1. The molecule has 3 N–H and O–H groups in total. The zero-order chi connectivity index (χ0) is 15.4. The zero-order valence-corrected chi connectivity index (χ0v) is 11.5. The number of benzene rings is 1. The predicted octanol–water partition coefficient (Wildman–Crippen LogP) is -0.703. The molecule has 0 spiro atoms. The van der Waals surface area contributed by atoms with Crippen molar-refractivity contribution in [3.63, 3.8) is 0 Å². The Morgan fingerprint density at radius 1 is 1.24 bits per heavy atom. The first-order valence-electron chi connectivity index (χ1n) is 6.49. The second-order valence-corrected chi connectivity index (χ2v) is 4.68. The van der Waals surface area contributed by atoms with Crippen LogP contribution < -0.4 is 0 Å². The molecule has 0 amide bonds. The van der Waals surface area contributed by atoms with E-state index in [0.29, 0.717) is 0 Å². The van der Waals surface area contributed by atoms with Crippen LogP contribution in [0.5, 0.6) is 0 Å². The normalized spacial score (nSPS) is 32.7. The van der Waals surface area contributed by atoms with Crippen molar-refractivity contribution in [1.29, 1.82) is 0 Å². The number of aliphatic hydroxyl groups excluding tert-OH is 3. The van der Waals surface area contributed by atoms with E-state index in [1.165, 1.54) is 7.11 Å². The Kier molecular flexibility index (Phi) is 5.27. The summed E-state index contributed by atoms with van der Waals surface area (Å²) in [6.07, 6.45) is -6.08. The molecule has 1 aliphatic heterocycles. The summed E-state index contributed by atoms with van der Waals surface area (Å²) < 4.78 is 15.2. The van der Waals surface area contributed by atoms with Crippen LogP contribution in [-0.4, -0.2) is 65.7 Å². The van der Waals surface area contributed by atoms with Gasteiger partial charge in [-0.1, -0.05) is 18.2 Å².